The van der Waals surface area contributed by atoms with Gasteiger partial charge in [-0.2, -0.15) is 0 Å². The molecule has 2 saturated carbocycles. The van der Waals surface area contributed by atoms with E-state index in [-0.39, 0.29) is 13.4 Å². The molecule has 2 fully saturated rings. The standard InChI is InChI=1S/C34H43N3O.H2/c1-2-26-14-9-15-27-20-28(22-35-33(26)27)36-34(38)29-16-17-32(31-21-30(29)31)37(23-25-12-7-4-8-13-25)19-18-24-10-5-3-6-11-24;/h5,9-11,14-17,20,22,25-26,30-31,33H,2-4,6-8,12-13,18-19,21,23H2,1H3,(H,36,38);1H. The number of dihydropyridines is 1. The van der Waals surface area contributed by atoms with Gasteiger partial charge >= 0.3 is 0 Å². The highest BCUT2D eigenvalue weighted by Gasteiger charge is 2.47. The number of hydrogen-bond acceptors (Lipinski definition) is 3. The first-order valence-electron chi connectivity index (χ1n) is 15.2. The van der Waals surface area contributed by atoms with Crippen LogP contribution >= 0.6 is 0 Å². The molecule has 1 amide bonds. The Labute approximate surface area is 230 Å². The minimum atomic E-state index is 0. The molecule has 0 aromatic carbocycles. The van der Waals surface area contributed by atoms with E-state index in [1.165, 1.54) is 68.3 Å². The van der Waals surface area contributed by atoms with Crippen LogP contribution in [-0.4, -0.2) is 36.2 Å². The fourth-order valence-corrected chi connectivity index (χ4v) is 7.10. The topological polar surface area (TPSA) is 44.7 Å². The van der Waals surface area contributed by atoms with Crippen molar-refractivity contribution in [1.29, 1.82) is 0 Å². The van der Waals surface area contributed by atoms with E-state index in [0.717, 1.165) is 43.0 Å². The summed E-state index contributed by atoms with van der Waals surface area (Å²) >= 11 is 0. The largest absolute Gasteiger partial charge is 0.374 e. The summed E-state index contributed by atoms with van der Waals surface area (Å²) in [5, 5.41) is 3.17. The maximum Gasteiger partial charge on any atom is 0.251 e. The third-order valence-electron chi connectivity index (χ3n) is 9.40. The zero-order valence-electron chi connectivity index (χ0n) is 22.9. The fourth-order valence-electron chi connectivity index (χ4n) is 7.10. The molecule has 6 rings (SSSR count). The van der Waals surface area contributed by atoms with Crippen molar-refractivity contribution in [3.63, 3.8) is 0 Å². The summed E-state index contributed by atoms with van der Waals surface area (Å²) in [6.07, 6.45) is 34.5. The van der Waals surface area contributed by atoms with Crippen LogP contribution in [0.3, 0.4) is 0 Å². The highest BCUT2D eigenvalue weighted by atomic mass is 16.1. The molecule has 4 atom stereocenters. The number of amides is 1. The highest BCUT2D eigenvalue weighted by molar-refractivity contribution is 6.00. The molecule has 1 N–H and O–H groups in total. The SMILES string of the molecule is CCC1C=CC=C2C=C(NC(=O)C3=CC=C(N(CCC4=CCCC=C4)CC4CCCCC4)C4CC34)C=NC21.[HH]. The van der Waals surface area contributed by atoms with E-state index < -0.39 is 0 Å². The van der Waals surface area contributed by atoms with Crippen molar-refractivity contribution in [3.05, 3.63) is 82.8 Å². The normalized spacial score (nSPS) is 29.8. The number of carbonyl (C=O) groups excluding carboxylic acids is 1. The molecule has 0 bridgehead atoms. The average Bonchev–Trinajstić information content (AvgIpc) is 3.76. The van der Waals surface area contributed by atoms with Gasteiger partial charge in [0.1, 0.15) is 0 Å². The number of nitrogens with zero attached hydrogens (tertiary/aromatic N) is 2. The molecular formula is C34H45N3O. The monoisotopic (exact) mass is 511 g/mol. The molecule has 0 aromatic heterocycles. The number of rotatable bonds is 9. The van der Waals surface area contributed by atoms with E-state index >= 15 is 0 Å². The van der Waals surface area contributed by atoms with Crippen molar-refractivity contribution >= 4 is 12.1 Å². The molecule has 0 spiro atoms. The fraction of sp³-hybridized carbons (Fsp3) is 0.529. The van der Waals surface area contributed by atoms with Crippen LogP contribution in [-0.2, 0) is 4.79 Å². The minimum absolute atomic E-state index is 0. The summed E-state index contributed by atoms with van der Waals surface area (Å²) in [5.74, 6) is 2.14. The third kappa shape index (κ3) is 5.60. The number of allylic oxidation sites excluding steroid dienone is 9. The molecule has 4 unspecified atom stereocenters. The number of fused-ring (bicyclic) bond motifs is 2. The predicted molar refractivity (Wildman–Crippen MR) is 159 cm³/mol. The lowest BCUT2D eigenvalue weighted by molar-refractivity contribution is -0.117. The quantitative estimate of drug-likeness (QED) is 0.355. The Balaban J connectivity index is 0.00000308. The Morgan fingerprint density at radius 1 is 1.13 bits per heavy atom. The van der Waals surface area contributed by atoms with Gasteiger partial charge in [0.05, 0.1) is 11.7 Å². The first-order chi connectivity index (χ1) is 18.7. The van der Waals surface area contributed by atoms with Gasteiger partial charge < -0.3 is 10.2 Å². The first-order valence-corrected chi connectivity index (χ1v) is 15.2. The molecule has 4 nitrogen and oxygen atoms in total. The lowest BCUT2D eigenvalue weighted by Crippen LogP contribution is -2.34. The molecule has 38 heavy (non-hydrogen) atoms. The average molecular weight is 512 g/mol. The maximum atomic E-state index is 13.3. The van der Waals surface area contributed by atoms with Crippen molar-refractivity contribution in [1.82, 2.24) is 10.2 Å². The highest BCUT2D eigenvalue weighted by Crippen LogP contribution is 2.52. The smallest absolute Gasteiger partial charge is 0.251 e. The molecule has 5 aliphatic carbocycles. The van der Waals surface area contributed by atoms with E-state index in [9.17, 15) is 4.79 Å². The predicted octanol–water partition coefficient (Wildman–Crippen LogP) is 7.22. The molecule has 0 saturated heterocycles. The lowest BCUT2D eigenvalue weighted by Gasteiger charge is -2.34. The number of carbonyl (C=O) groups is 1. The number of nitrogens with one attached hydrogen (secondary N) is 1. The Bertz CT molecular complexity index is 1180. The zero-order valence-corrected chi connectivity index (χ0v) is 22.9. The van der Waals surface area contributed by atoms with E-state index in [2.05, 4.69) is 71.8 Å². The van der Waals surface area contributed by atoms with Crippen LogP contribution < -0.4 is 5.32 Å². The van der Waals surface area contributed by atoms with Gasteiger partial charge in [-0.25, -0.2) is 0 Å². The summed E-state index contributed by atoms with van der Waals surface area (Å²) in [6.45, 7) is 4.47. The summed E-state index contributed by atoms with van der Waals surface area (Å²) in [4.78, 5) is 20.8. The molecule has 1 heterocycles. The molecular weight excluding hydrogens is 466 g/mol. The van der Waals surface area contributed by atoms with Crippen LogP contribution in [0.2, 0.25) is 0 Å². The summed E-state index contributed by atoms with van der Waals surface area (Å²) in [6, 6.07) is 0.188. The van der Waals surface area contributed by atoms with Crippen LogP contribution in [0.4, 0.5) is 0 Å². The molecule has 4 heteroatoms. The zero-order chi connectivity index (χ0) is 25.9. The molecule has 6 aliphatic rings. The lowest BCUT2D eigenvalue weighted by atomic mass is 9.85. The van der Waals surface area contributed by atoms with Crippen molar-refractivity contribution < 1.29 is 6.22 Å². The maximum absolute atomic E-state index is 13.3. The Kier molecular flexibility index (Phi) is 7.67. The van der Waals surface area contributed by atoms with Crippen LogP contribution in [0.15, 0.2) is 87.8 Å². The number of hydrogen-bond donors (Lipinski definition) is 1. The van der Waals surface area contributed by atoms with Crippen molar-refractivity contribution in [2.24, 2.45) is 28.7 Å². The second-order valence-corrected chi connectivity index (χ2v) is 12.0. The van der Waals surface area contributed by atoms with Gasteiger partial charge in [0, 0.05) is 43.8 Å². The van der Waals surface area contributed by atoms with Crippen molar-refractivity contribution in [2.45, 2.75) is 77.2 Å². The second kappa shape index (κ2) is 11.5. The Morgan fingerprint density at radius 2 is 2.03 bits per heavy atom. The summed E-state index contributed by atoms with van der Waals surface area (Å²) in [5.41, 5.74) is 5.91. The van der Waals surface area contributed by atoms with E-state index in [1.807, 2.05) is 6.21 Å². The number of aliphatic imine (C=N–C) groups is 1. The van der Waals surface area contributed by atoms with Gasteiger partial charge in [0.2, 0.25) is 0 Å². The van der Waals surface area contributed by atoms with Gasteiger partial charge in [-0.05, 0) is 74.5 Å². The Hall–Kier alpha value is -2.88. The molecule has 202 valence electrons. The molecule has 1 aliphatic heterocycles. The summed E-state index contributed by atoms with van der Waals surface area (Å²) < 4.78 is 0. The second-order valence-electron chi connectivity index (χ2n) is 12.0. The van der Waals surface area contributed by atoms with Gasteiger partial charge in [-0.15, -0.1) is 0 Å². The summed E-state index contributed by atoms with van der Waals surface area (Å²) in [7, 11) is 0. The molecule has 0 radical (unpaired) electrons. The van der Waals surface area contributed by atoms with Gasteiger partial charge in [-0.1, -0.05) is 74.3 Å². The van der Waals surface area contributed by atoms with E-state index in [0.29, 0.717) is 17.8 Å². The van der Waals surface area contributed by atoms with E-state index in [1.54, 1.807) is 0 Å². The third-order valence-corrected chi connectivity index (χ3v) is 9.40. The van der Waals surface area contributed by atoms with Gasteiger partial charge in [-0.3, -0.25) is 9.79 Å². The van der Waals surface area contributed by atoms with Crippen molar-refractivity contribution in [2.75, 3.05) is 13.1 Å². The van der Waals surface area contributed by atoms with Crippen LogP contribution in [0.1, 0.15) is 72.6 Å². The Morgan fingerprint density at radius 3 is 2.84 bits per heavy atom. The van der Waals surface area contributed by atoms with Crippen LogP contribution in [0.5, 0.6) is 0 Å². The van der Waals surface area contributed by atoms with Gasteiger partial charge in [0.25, 0.3) is 5.91 Å². The van der Waals surface area contributed by atoms with Crippen LogP contribution in [0.25, 0.3) is 0 Å². The van der Waals surface area contributed by atoms with E-state index in [4.69, 9.17) is 4.99 Å². The van der Waals surface area contributed by atoms with Gasteiger partial charge in [0.15, 0.2) is 0 Å². The van der Waals surface area contributed by atoms with Crippen LogP contribution in [0, 0.1) is 23.7 Å². The van der Waals surface area contributed by atoms with Crippen molar-refractivity contribution in [3.8, 4) is 0 Å². The minimum Gasteiger partial charge on any atom is -0.374 e. The first kappa shape index (κ1) is 25.4. The molecule has 0 aromatic rings.